The number of halogens is 3. The molecule has 1 aliphatic rings. The van der Waals surface area contributed by atoms with Crippen LogP contribution in [0.1, 0.15) is 26.2 Å². The molecular formula is C11H15F3O. The van der Waals surface area contributed by atoms with Gasteiger partial charge in [-0.05, 0) is 25.7 Å². The zero-order valence-electron chi connectivity index (χ0n) is 8.90. The Kier molecular flexibility index (Phi) is 3.97. The first-order valence-electron chi connectivity index (χ1n) is 4.95. The molecule has 0 aromatic rings. The van der Waals surface area contributed by atoms with Gasteiger partial charge in [-0.3, -0.25) is 0 Å². The lowest BCUT2D eigenvalue weighted by Crippen LogP contribution is -2.25. The third-order valence-electron chi connectivity index (χ3n) is 2.61. The molecule has 15 heavy (non-hydrogen) atoms. The Hall–Kier alpha value is -0.770. The van der Waals surface area contributed by atoms with Gasteiger partial charge in [0.05, 0.1) is 5.57 Å². The van der Waals surface area contributed by atoms with Crippen LogP contribution in [0.25, 0.3) is 0 Å². The smallest absolute Gasteiger partial charge is 0.320 e. The first-order valence-corrected chi connectivity index (χ1v) is 4.95. The van der Waals surface area contributed by atoms with Gasteiger partial charge in [-0.2, -0.15) is 8.78 Å². The summed E-state index contributed by atoms with van der Waals surface area (Å²) < 4.78 is 43.5. The summed E-state index contributed by atoms with van der Waals surface area (Å²) in [5, 5.41) is 0. The summed E-state index contributed by atoms with van der Waals surface area (Å²) in [6.45, 7) is 1.83. The van der Waals surface area contributed by atoms with E-state index in [4.69, 9.17) is 0 Å². The minimum absolute atomic E-state index is 0.0337. The number of allylic oxidation sites excluding steroid dienone is 3. The summed E-state index contributed by atoms with van der Waals surface area (Å²) in [6.07, 6.45) is 0.871. The van der Waals surface area contributed by atoms with Crippen molar-refractivity contribution >= 4 is 0 Å². The molecular weight excluding hydrogens is 205 g/mol. The maximum absolute atomic E-state index is 13.4. The van der Waals surface area contributed by atoms with E-state index in [-0.39, 0.29) is 18.8 Å². The number of alkyl halides is 2. The maximum Gasteiger partial charge on any atom is 0.381 e. The molecule has 0 fully saturated rings. The minimum atomic E-state index is -3.45. The quantitative estimate of drug-likeness (QED) is 0.657. The maximum atomic E-state index is 13.4. The molecule has 0 heterocycles. The average molecular weight is 220 g/mol. The van der Waals surface area contributed by atoms with Crippen molar-refractivity contribution in [3.63, 3.8) is 0 Å². The number of hydrogen-bond acceptors (Lipinski definition) is 1. The van der Waals surface area contributed by atoms with E-state index in [9.17, 15) is 13.2 Å². The van der Waals surface area contributed by atoms with E-state index in [0.717, 1.165) is 7.11 Å². The Morgan fingerprint density at radius 2 is 2.13 bits per heavy atom. The van der Waals surface area contributed by atoms with Crippen LogP contribution in [-0.2, 0) is 4.74 Å². The highest BCUT2D eigenvalue weighted by molar-refractivity contribution is 5.19. The second-order valence-corrected chi connectivity index (χ2v) is 3.63. The van der Waals surface area contributed by atoms with Gasteiger partial charge in [0.25, 0.3) is 0 Å². The van der Waals surface area contributed by atoms with Crippen LogP contribution in [-0.4, -0.2) is 13.2 Å². The number of hydrogen-bond donors (Lipinski definition) is 0. The summed E-state index contributed by atoms with van der Waals surface area (Å²) in [4.78, 5) is 0. The second-order valence-electron chi connectivity index (χ2n) is 3.63. The molecule has 1 rings (SSSR count). The van der Waals surface area contributed by atoms with Crippen molar-refractivity contribution in [3.05, 3.63) is 23.6 Å². The van der Waals surface area contributed by atoms with Crippen molar-refractivity contribution in [1.82, 2.24) is 0 Å². The molecule has 0 spiro atoms. The normalized spacial score (nSPS) is 23.9. The highest BCUT2D eigenvalue weighted by Crippen LogP contribution is 2.39. The topological polar surface area (TPSA) is 9.23 Å². The van der Waals surface area contributed by atoms with Gasteiger partial charge in [0, 0.05) is 13.5 Å². The van der Waals surface area contributed by atoms with Gasteiger partial charge in [-0.15, -0.1) is 0 Å². The van der Waals surface area contributed by atoms with Crippen LogP contribution < -0.4 is 0 Å². The molecule has 0 saturated carbocycles. The van der Waals surface area contributed by atoms with Crippen molar-refractivity contribution in [2.24, 2.45) is 5.92 Å². The lowest BCUT2D eigenvalue weighted by molar-refractivity contribution is -0.194. The Balaban J connectivity index is 2.81. The molecule has 0 radical (unpaired) electrons. The van der Waals surface area contributed by atoms with Crippen LogP contribution in [0.5, 0.6) is 0 Å². The molecule has 0 amide bonds. The highest BCUT2D eigenvalue weighted by atomic mass is 19.3. The van der Waals surface area contributed by atoms with E-state index in [0.29, 0.717) is 6.42 Å². The van der Waals surface area contributed by atoms with Crippen LogP contribution in [0.4, 0.5) is 13.2 Å². The molecule has 0 aromatic heterocycles. The van der Waals surface area contributed by atoms with Crippen molar-refractivity contribution < 1.29 is 17.9 Å². The molecule has 0 saturated heterocycles. The monoisotopic (exact) mass is 220 g/mol. The SMILES string of the molecule is C/C=C/C1CCC(C(F)(F)OC)=C(F)C1. The Morgan fingerprint density at radius 3 is 2.60 bits per heavy atom. The van der Waals surface area contributed by atoms with Gasteiger partial charge in [0.15, 0.2) is 0 Å². The lowest BCUT2D eigenvalue weighted by atomic mass is 9.88. The molecule has 4 heteroatoms. The summed E-state index contributed by atoms with van der Waals surface area (Å²) in [5.74, 6) is -0.692. The summed E-state index contributed by atoms with van der Waals surface area (Å²) in [6, 6.07) is 0. The first kappa shape index (κ1) is 12.3. The standard InChI is InChI=1S/C11H15F3O/c1-3-4-8-5-6-9(10(12)7-8)11(13,14)15-2/h3-4,8H,5-7H2,1-2H3/b4-3+. The van der Waals surface area contributed by atoms with Crippen molar-refractivity contribution in [2.45, 2.75) is 32.3 Å². The molecule has 0 aromatic carbocycles. The Labute approximate surface area is 87.6 Å². The van der Waals surface area contributed by atoms with Crippen molar-refractivity contribution in [2.75, 3.05) is 7.11 Å². The molecule has 1 atom stereocenters. The lowest BCUT2D eigenvalue weighted by Gasteiger charge is -2.25. The van der Waals surface area contributed by atoms with Gasteiger partial charge < -0.3 is 4.74 Å². The molecule has 1 nitrogen and oxygen atoms in total. The van der Waals surface area contributed by atoms with Crippen LogP contribution >= 0.6 is 0 Å². The van der Waals surface area contributed by atoms with E-state index in [1.54, 1.807) is 0 Å². The fourth-order valence-electron chi connectivity index (χ4n) is 1.78. The zero-order chi connectivity index (χ0) is 11.5. The van der Waals surface area contributed by atoms with Gasteiger partial charge in [-0.1, -0.05) is 12.2 Å². The highest BCUT2D eigenvalue weighted by Gasteiger charge is 2.39. The first-order chi connectivity index (χ1) is 7.01. The van der Waals surface area contributed by atoms with E-state index < -0.39 is 17.5 Å². The number of ether oxygens (including phenoxy) is 1. The van der Waals surface area contributed by atoms with E-state index in [1.807, 2.05) is 19.1 Å². The van der Waals surface area contributed by atoms with Gasteiger partial charge in [-0.25, -0.2) is 4.39 Å². The summed E-state index contributed by atoms with van der Waals surface area (Å²) in [5.41, 5.74) is -0.495. The zero-order valence-corrected chi connectivity index (χ0v) is 8.90. The van der Waals surface area contributed by atoms with E-state index >= 15 is 0 Å². The molecule has 1 aliphatic carbocycles. The fourth-order valence-corrected chi connectivity index (χ4v) is 1.78. The van der Waals surface area contributed by atoms with Gasteiger partial charge in [0.1, 0.15) is 5.83 Å². The minimum Gasteiger partial charge on any atom is -0.320 e. The van der Waals surface area contributed by atoms with E-state index in [1.165, 1.54) is 0 Å². The second kappa shape index (κ2) is 4.84. The molecule has 86 valence electrons. The van der Waals surface area contributed by atoms with Crippen molar-refractivity contribution in [1.29, 1.82) is 0 Å². The van der Waals surface area contributed by atoms with Gasteiger partial charge >= 0.3 is 6.11 Å². The Bertz CT molecular complexity index is 282. The van der Waals surface area contributed by atoms with E-state index in [2.05, 4.69) is 4.74 Å². The van der Waals surface area contributed by atoms with Gasteiger partial charge in [0.2, 0.25) is 0 Å². The van der Waals surface area contributed by atoms with Crippen LogP contribution in [0.3, 0.4) is 0 Å². The summed E-state index contributed by atoms with van der Waals surface area (Å²) >= 11 is 0. The largest absolute Gasteiger partial charge is 0.381 e. The molecule has 1 unspecified atom stereocenters. The number of rotatable bonds is 3. The molecule has 0 bridgehead atoms. The third-order valence-corrected chi connectivity index (χ3v) is 2.61. The Morgan fingerprint density at radius 1 is 1.47 bits per heavy atom. The predicted molar refractivity (Wildman–Crippen MR) is 52.2 cm³/mol. The molecule has 0 N–H and O–H groups in total. The molecule has 0 aliphatic heterocycles. The van der Waals surface area contributed by atoms with Crippen LogP contribution in [0.15, 0.2) is 23.6 Å². The average Bonchev–Trinajstić information content (AvgIpc) is 2.18. The fraction of sp³-hybridized carbons (Fsp3) is 0.636. The van der Waals surface area contributed by atoms with Crippen LogP contribution in [0.2, 0.25) is 0 Å². The third kappa shape index (κ3) is 2.84. The van der Waals surface area contributed by atoms with Crippen LogP contribution in [0, 0.1) is 5.92 Å². The predicted octanol–water partition coefficient (Wildman–Crippen LogP) is 3.83. The summed E-state index contributed by atoms with van der Waals surface area (Å²) in [7, 11) is 0.887. The van der Waals surface area contributed by atoms with Crippen molar-refractivity contribution in [3.8, 4) is 0 Å². The number of methoxy groups -OCH3 is 1.